The average Bonchev–Trinajstić information content (AvgIpc) is 3.06. The molecule has 21 heteroatoms. The molecule has 0 rings (SSSR count). The van der Waals surface area contributed by atoms with E-state index >= 15 is 0 Å². The molecule has 0 saturated carbocycles. The molecule has 49 heavy (non-hydrogen) atoms. The van der Waals surface area contributed by atoms with E-state index in [0.29, 0.717) is 0 Å². The molecular weight excluding hydrogens is 676 g/mol. The topological polar surface area (TPSA) is 319 Å². The van der Waals surface area contributed by atoms with Crippen LogP contribution in [0, 0.1) is 0 Å². The minimum Gasteiger partial charge on any atom is -0.480 e. The second kappa shape index (κ2) is 23.8. The maximum atomic E-state index is 13.1. The maximum absolute atomic E-state index is 13.1. The van der Waals surface area contributed by atoms with Crippen LogP contribution in [-0.4, -0.2) is 136 Å². The number of primary amides is 1. The number of hydrogen-bond acceptors (Lipinski definition) is 14. The second-order valence-corrected chi connectivity index (χ2v) is 11.4. The van der Waals surface area contributed by atoms with E-state index in [1.54, 1.807) is 13.8 Å². The summed E-state index contributed by atoms with van der Waals surface area (Å²) in [5.74, 6) is -8.55. The standard InChI is InChI=1S/C28H46N6O14S/c1-5-21(38)31-19(13-49-12-15(48-23(40)7-3)11-47-22(39)6-2)27(44)34-18(10-36)26(43)33-17(9-35)25(42)32-16(8-20(29)37)24(41)30-14(4)28(45)46/h14-19,35-36H,5-13H2,1-4H3,(H2,29,37)(H,30,41)(H,31,38)(H,32,42)(H,33,43)(H,34,44)(H,45,46)/t14-,15-,16-,17-,18-,19-/m0/s1. The van der Waals surface area contributed by atoms with Gasteiger partial charge in [0.05, 0.1) is 19.6 Å². The molecule has 278 valence electrons. The molecule has 0 unspecified atom stereocenters. The Balaban J connectivity index is 5.64. The van der Waals surface area contributed by atoms with Crippen molar-refractivity contribution in [3.05, 3.63) is 0 Å². The van der Waals surface area contributed by atoms with E-state index in [1.165, 1.54) is 6.92 Å². The fraction of sp³-hybridized carbons (Fsp3) is 0.679. The quantitative estimate of drug-likeness (QED) is 0.0427. The molecule has 0 radical (unpaired) electrons. The van der Waals surface area contributed by atoms with Gasteiger partial charge >= 0.3 is 17.9 Å². The van der Waals surface area contributed by atoms with Crippen molar-refractivity contribution in [3.63, 3.8) is 0 Å². The van der Waals surface area contributed by atoms with Crippen molar-refractivity contribution in [2.45, 2.75) is 89.7 Å². The normalized spacial score (nSPS) is 14.3. The molecule has 10 N–H and O–H groups in total. The number of rotatable bonds is 24. The zero-order valence-corrected chi connectivity index (χ0v) is 28.5. The summed E-state index contributed by atoms with van der Waals surface area (Å²) in [7, 11) is 0. The number of carboxylic acid groups (broad SMARTS) is 1. The van der Waals surface area contributed by atoms with Crippen LogP contribution in [-0.2, 0) is 52.6 Å². The molecule has 6 atom stereocenters. The molecule has 0 aromatic rings. The Bertz CT molecular complexity index is 1190. The van der Waals surface area contributed by atoms with Crippen LogP contribution in [0.1, 0.15) is 53.4 Å². The number of aliphatic hydroxyl groups is 2. The number of carbonyl (C=O) groups excluding carboxylic acids is 8. The van der Waals surface area contributed by atoms with Crippen LogP contribution in [0.15, 0.2) is 0 Å². The Morgan fingerprint density at radius 3 is 1.61 bits per heavy atom. The third kappa shape index (κ3) is 18.0. The summed E-state index contributed by atoms with van der Waals surface area (Å²) in [6, 6.07) is -7.87. The van der Waals surface area contributed by atoms with Gasteiger partial charge < -0.3 is 57.1 Å². The summed E-state index contributed by atoms with van der Waals surface area (Å²) in [4.78, 5) is 109. The summed E-state index contributed by atoms with van der Waals surface area (Å²) >= 11 is 1.05. The minimum absolute atomic E-state index is 0.0145. The number of thioether (sulfide) groups is 1. The van der Waals surface area contributed by atoms with Crippen LogP contribution in [0.5, 0.6) is 0 Å². The molecule has 0 bridgehead atoms. The molecule has 20 nitrogen and oxygen atoms in total. The Hall–Kier alpha value is -4.50. The predicted octanol–water partition coefficient (Wildman–Crippen LogP) is -4.21. The van der Waals surface area contributed by atoms with E-state index < -0.39 is 109 Å². The van der Waals surface area contributed by atoms with Gasteiger partial charge in [0.2, 0.25) is 35.4 Å². The highest BCUT2D eigenvalue weighted by molar-refractivity contribution is 7.99. The van der Waals surface area contributed by atoms with Gasteiger partial charge in [0, 0.05) is 30.8 Å². The smallest absolute Gasteiger partial charge is 0.325 e. The van der Waals surface area contributed by atoms with Crippen molar-refractivity contribution in [1.29, 1.82) is 0 Å². The molecule has 0 spiro atoms. The SMILES string of the molecule is CCC(=O)N[C@@H](CSC[C@H](COC(=O)CC)OC(=O)CC)C(=O)N[C@@H](CO)C(=O)N[C@@H](CO)C(=O)N[C@@H](CC(N)=O)C(=O)N[C@@H](C)C(=O)O. The van der Waals surface area contributed by atoms with Gasteiger partial charge in [0.1, 0.15) is 42.9 Å². The lowest BCUT2D eigenvalue weighted by Gasteiger charge is -2.25. The van der Waals surface area contributed by atoms with Crippen molar-refractivity contribution < 1.29 is 67.9 Å². The molecule has 0 fully saturated rings. The van der Waals surface area contributed by atoms with Gasteiger partial charge in [-0.05, 0) is 6.92 Å². The van der Waals surface area contributed by atoms with Crippen molar-refractivity contribution in [2.75, 3.05) is 31.3 Å². The first-order chi connectivity index (χ1) is 23.0. The molecule has 0 aliphatic rings. The first kappa shape index (κ1) is 44.5. The van der Waals surface area contributed by atoms with E-state index in [9.17, 15) is 53.4 Å². The van der Waals surface area contributed by atoms with Crippen molar-refractivity contribution in [3.8, 4) is 0 Å². The van der Waals surface area contributed by atoms with Crippen molar-refractivity contribution >= 4 is 65.1 Å². The average molecular weight is 723 g/mol. The number of aliphatic hydroxyl groups excluding tert-OH is 2. The summed E-state index contributed by atoms with van der Waals surface area (Å²) in [5.41, 5.74) is 5.11. The lowest BCUT2D eigenvalue weighted by atomic mass is 10.1. The molecule has 0 aliphatic heterocycles. The monoisotopic (exact) mass is 722 g/mol. The van der Waals surface area contributed by atoms with E-state index in [4.69, 9.17) is 20.3 Å². The minimum atomic E-state index is -1.78. The van der Waals surface area contributed by atoms with Crippen LogP contribution in [0.3, 0.4) is 0 Å². The van der Waals surface area contributed by atoms with Crippen LogP contribution < -0.4 is 32.3 Å². The second-order valence-electron chi connectivity index (χ2n) is 10.3. The number of hydrogen-bond donors (Lipinski definition) is 9. The van der Waals surface area contributed by atoms with Crippen LogP contribution >= 0.6 is 11.8 Å². The van der Waals surface area contributed by atoms with Crippen LogP contribution in [0.25, 0.3) is 0 Å². The third-order valence-corrected chi connectivity index (χ3v) is 7.44. The first-order valence-corrected chi connectivity index (χ1v) is 16.3. The Kier molecular flexibility index (Phi) is 21.6. The number of ether oxygens (including phenoxy) is 2. The zero-order valence-electron chi connectivity index (χ0n) is 27.6. The van der Waals surface area contributed by atoms with E-state index in [2.05, 4.69) is 21.3 Å². The van der Waals surface area contributed by atoms with E-state index in [0.717, 1.165) is 18.7 Å². The summed E-state index contributed by atoms with van der Waals surface area (Å²) in [5, 5.41) is 39.5. The number of aliphatic carboxylic acids is 1. The lowest BCUT2D eigenvalue weighted by Crippen LogP contribution is -2.60. The molecule has 6 amide bonds. The van der Waals surface area contributed by atoms with Gasteiger partial charge in [-0.15, -0.1) is 0 Å². The van der Waals surface area contributed by atoms with Crippen molar-refractivity contribution in [2.24, 2.45) is 5.73 Å². The van der Waals surface area contributed by atoms with Gasteiger partial charge in [0.25, 0.3) is 0 Å². The molecular formula is C28H46N6O14S. The maximum Gasteiger partial charge on any atom is 0.325 e. The number of nitrogens with two attached hydrogens (primary N) is 1. The largest absolute Gasteiger partial charge is 0.480 e. The van der Waals surface area contributed by atoms with Crippen LogP contribution in [0.4, 0.5) is 0 Å². The number of esters is 2. The predicted molar refractivity (Wildman–Crippen MR) is 170 cm³/mol. The molecule has 0 aromatic carbocycles. The number of carboxylic acids is 1. The summed E-state index contributed by atoms with van der Waals surface area (Å²) < 4.78 is 10.3. The molecule has 0 saturated heterocycles. The van der Waals surface area contributed by atoms with Gasteiger partial charge in [-0.2, -0.15) is 11.8 Å². The van der Waals surface area contributed by atoms with Gasteiger partial charge in [0.15, 0.2) is 0 Å². The highest BCUT2D eigenvalue weighted by Gasteiger charge is 2.32. The summed E-state index contributed by atoms with van der Waals surface area (Å²) in [6.45, 7) is 3.49. The van der Waals surface area contributed by atoms with Gasteiger partial charge in [-0.1, -0.05) is 20.8 Å². The fourth-order valence-corrected chi connectivity index (χ4v) is 4.49. The zero-order chi connectivity index (χ0) is 37.7. The first-order valence-electron chi connectivity index (χ1n) is 15.2. The van der Waals surface area contributed by atoms with E-state index in [-0.39, 0.29) is 37.4 Å². The van der Waals surface area contributed by atoms with Crippen LogP contribution in [0.2, 0.25) is 0 Å². The third-order valence-electron chi connectivity index (χ3n) is 6.27. The number of carbonyl (C=O) groups is 9. The Labute approximate surface area is 286 Å². The summed E-state index contributed by atoms with van der Waals surface area (Å²) in [6.07, 6.45) is -1.50. The van der Waals surface area contributed by atoms with Crippen molar-refractivity contribution in [1.82, 2.24) is 26.6 Å². The Morgan fingerprint density at radius 1 is 0.673 bits per heavy atom. The molecule has 0 aromatic heterocycles. The lowest BCUT2D eigenvalue weighted by molar-refractivity contribution is -0.157. The number of nitrogens with one attached hydrogen (secondary N) is 5. The molecule has 0 heterocycles. The number of amides is 6. The van der Waals surface area contributed by atoms with Gasteiger partial charge in [-0.3, -0.25) is 43.2 Å². The van der Waals surface area contributed by atoms with E-state index in [1.807, 2.05) is 5.32 Å². The fourth-order valence-electron chi connectivity index (χ4n) is 3.46. The molecule has 0 aliphatic carbocycles. The highest BCUT2D eigenvalue weighted by Crippen LogP contribution is 2.11. The highest BCUT2D eigenvalue weighted by atomic mass is 32.2. The Morgan fingerprint density at radius 2 is 1.16 bits per heavy atom. The van der Waals surface area contributed by atoms with Gasteiger partial charge in [-0.25, -0.2) is 0 Å².